The van der Waals surface area contributed by atoms with Gasteiger partial charge in [0.2, 0.25) is 0 Å². The Morgan fingerprint density at radius 3 is 1.89 bits per heavy atom. The molecule has 0 aliphatic rings. The van der Waals surface area contributed by atoms with Gasteiger partial charge in [0.1, 0.15) is 5.82 Å². The average Bonchev–Trinajstić information content (AvgIpc) is 4.24. The van der Waals surface area contributed by atoms with E-state index in [1.165, 1.54) is 18.2 Å². The maximum atomic E-state index is 9.12. The number of imidazole rings is 1. The Morgan fingerprint density at radius 2 is 1.22 bits per heavy atom. The summed E-state index contributed by atoms with van der Waals surface area (Å²) in [5, 5.41) is 1.43. The van der Waals surface area contributed by atoms with E-state index in [2.05, 4.69) is 39.2 Å². The van der Waals surface area contributed by atoms with Crippen LogP contribution in [-0.2, 0) is 26.5 Å². The smallest absolute Gasteiger partial charge is 0.268 e. The second-order valence-corrected chi connectivity index (χ2v) is 15.7. The van der Waals surface area contributed by atoms with E-state index in [0.717, 1.165) is 16.5 Å². The van der Waals surface area contributed by atoms with Crippen molar-refractivity contribution >= 4 is 32.8 Å². The molecule has 0 amide bonds. The maximum absolute atomic E-state index is 9.12. The van der Waals surface area contributed by atoms with Crippen LogP contribution in [0.25, 0.3) is 83.4 Å². The van der Waals surface area contributed by atoms with Crippen molar-refractivity contribution in [3.63, 3.8) is 0 Å². The summed E-state index contributed by atoms with van der Waals surface area (Å²) in [5.41, 5.74) is 3.21. The molecule has 0 N–H and O–H groups in total. The molecule has 5 nitrogen and oxygen atoms in total. The molecule has 3 aromatic heterocycles. The summed E-state index contributed by atoms with van der Waals surface area (Å²) >= 11 is 0. The third kappa shape index (κ3) is 7.32. The Bertz CT molecular complexity index is 4200. The van der Waals surface area contributed by atoms with Crippen LogP contribution in [0.2, 0.25) is 0 Å². The molecule has 0 radical (unpaired) electrons. The number of hydrogen-bond acceptors (Lipinski definition) is 2. The molecule has 0 saturated heterocycles. The predicted octanol–water partition coefficient (Wildman–Crippen LogP) is 13.9. The van der Waals surface area contributed by atoms with Crippen LogP contribution in [0.3, 0.4) is 0 Å². The molecule has 11 rings (SSSR count). The van der Waals surface area contributed by atoms with Gasteiger partial charge in [-0.05, 0) is 62.5 Å². The number of rotatable bonds is 8. The zero-order chi connectivity index (χ0) is 55.5. The van der Waals surface area contributed by atoms with Gasteiger partial charge in [0.05, 0.1) is 37.3 Å². The van der Waals surface area contributed by atoms with Gasteiger partial charge >= 0.3 is 0 Å². The van der Waals surface area contributed by atoms with Crippen molar-refractivity contribution in [3.8, 4) is 62.1 Å². The Hall–Kier alpha value is -7.33. The number of nitrogens with zero attached hydrogens (tertiary/aromatic N) is 4. The monoisotopic (exact) mass is 1020 g/mol. The Balaban J connectivity index is 0.00000704. The number of benzene rings is 8. The first kappa shape index (κ1) is 27.0. The van der Waals surface area contributed by atoms with Crippen molar-refractivity contribution in [2.75, 3.05) is 0 Å². The van der Waals surface area contributed by atoms with Crippen molar-refractivity contribution in [2.24, 2.45) is 0 Å². The molecule has 3 heterocycles. The summed E-state index contributed by atoms with van der Waals surface area (Å²) in [6.07, 6.45) is 5.10. The van der Waals surface area contributed by atoms with E-state index in [9.17, 15) is 0 Å². The molecule has 0 atom stereocenters. The minimum atomic E-state index is -0.617. The molecule has 0 saturated carbocycles. The van der Waals surface area contributed by atoms with E-state index in [-0.39, 0.29) is 77.0 Å². The second kappa shape index (κ2) is 16.7. The molecule has 0 spiro atoms. The van der Waals surface area contributed by atoms with Gasteiger partial charge in [-0.1, -0.05) is 189 Å². The zero-order valence-electron chi connectivity index (χ0n) is 49.4. The second-order valence-electron chi connectivity index (χ2n) is 15.7. The van der Waals surface area contributed by atoms with E-state index >= 15 is 0 Å². The third-order valence-corrected chi connectivity index (χ3v) is 10.9. The van der Waals surface area contributed by atoms with Crippen LogP contribution in [0.15, 0.2) is 200 Å². The molecule has 0 aliphatic carbocycles. The van der Waals surface area contributed by atoms with Crippen LogP contribution < -0.4 is 9.30 Å². The summed E-state index contributed by atoms with van der Waals surface area (Å²) < 4.78 is 143. The SMILES string of the molecule is [2H]c1c([2H])c([2H])c(-c2cc3c4ccccc4n(-c4cc(C(C)(C)C)ccn4)c3[c-]c2Oc2[c-]c(-n3[c-][n+](-c4c(-c5c([2H])c([2H])c([2H])c([2H])c5[2H])cccc4-c4c([2H])c([2H])c([2H])c([2H])c4[2H])c4ccccc43)ccc2)c([2H])c1[2H].[Pt]. The molecule has 312 valence electrons. The molecule has 6 heteroatoms. The van der Waals surface area contributed by atoms with Gasteiger partial charge in [-0.2, -0.15) is 18.2 Å². The molecular weight excluding hydrogens is 964 g/mol. The Morgan fingerprint density at radius 1 is 0.609 bits per heavy atom. The van der Waals surface area contributed by atoms with Crippen LogP contribution in [0.1, 0.15) is 46.9 Å². The van der Waals surface area contributed by atoms with Crippen LogP contribution in [-0.4, -0.2) is 14.1 Å². The first-order valence-corrected chi connectivity index (χ1v) is 20.1. The van der Waals surface area contributed by atoms with Gasteiger partial charge in [0.15, 0.2) is 0 Å². The number of hydrogen-bond donors (Lipinski definition) is 0. The molecular formula is C58H42N4OPt-2. The van der Waals surface area contributed by atoms with Gasteiger partial charge < -0.3 is 13.9 Å². The van der Waals surface area contributed by atoms with Gasteiger partial charge in [0, 0.05) is 44.3 Å². The van der Waals surface area contributed by atoms with Crippen LogP contribution >= 0.6 is 0 Å². The maximum Gasteiger partial charge on any atom is 0.268 e. The van der Waals surface area contributed by atoms with Crippen molar-refractivity contribution in [1.29, 1.82) is 0 Å². The standard InChI is InChI=1S/C58H42N4O.Pt/c1-58(2,3)43-33-34-59-56(35-43)62-51-30-14-13-27-48(51)50-37-49(42-23-11-6-12-24-42)55(38-54(50)62)63-45-26-17-25-44(36-45)60-39-61(53-32-16-15-31-52(53)60)57-46(40-19-7-4-8-20-40)28-18-29-47(57)41-21-9-5-10-22-41;/h4-35,37H,1-3H3;/q-2;/i4D,5D,6D,7D,8D,9D,10D,11D,12D,19D,20D,21D,22D,23D,24D;. The topological polar surface area (TPSA) is 35.9 Å². The van der Waals surface area contributed by atoms with E-state index in [1.54, 1.807) is 63.9 Å². The summed E-state index contributed by atoms with van der Waals surface area (Å²) in [6.45, 7) is 6.31. The van der Waals surface area contributed by atoms with Gasteiger partial charge in [0.25, 0.3) is 6.33 Å². The van der Waals surface area contributed by atoms with Crippen LogP contribution in [0.4, 0.5) is 0 Å². The normalized spacial score (nSPS) is 14.8. The molecule has 8 aromatic carbocycles. The van der Waals surface area contributed by atoms with E-state index in [0.29, 0.717) is 33.4 Å². The molecule has 11 aromatic rings. The van der Waals surface area contributed by atoms with Crippen molar-refractivity contribution < 1.29 is 50.9 Å². The average molecular weight is 1020 g/mol. The quantitative estimate of drug-likeness (QED) is 0.112. The molecule has 64 heavy (non-hydrogen) atoms. The van der Waals surface area contributed by atoms with E-state index in [4.69, 9.17) is 30.3 Å². The third-order valence-electron chi connectivity index (χ3n) is 10.9. The van der Waals surface area contributed by atoms with Crippen molar-refractivity contribution in [3.05, 3.63) is 224 Å². The Kier molecular flexibility index (Phi) is 7.06. The first-order chi connectivity index (χ1) is 37.1. The fourth-order valence-electron chi connectivity index (χ4n) is 7.91. The zero-order valence-corrected chi connectivity index (χ0v) is 36.7. The van der Waals surface area contributed by atoms with Crippen LogP contribution in [0.5, 0.6) is 11.5 Å². The summed E-state index contributed by atoms with van der Waals surface area (Å²) in [4.78, 5) is 4.80. The number of pyridine rings is 1. The Labute approximate surface area is 408 Å². The van der Waals surface area contributed by atoms with E-state index in [1.807, 2.05) is 41.0 Å². The number of fused-ring (bicyclic) bond motifs is 4. The summed E-state index contributed by atoms with van der Waals surface area (Å²) in [5.74, 6) is 0.688. The summed E-state index contributed by atoms with van der Waals surface area (Å²) in [7, 11) is 0. The van der Waals surface area contributed by atoms with Crippen LogP contribution in [0, 0.1) is 18.5 Å². The largest absolute Gasteiger partial charge is 0.509 e. The van der Waals surface area contributed by atoms with Crippen molar-refractivity contribution in [1.82, 2.24) is 14.1 Å². The minimum Gasteiger partial charge on any atom is -0.509 e. The first-order valence-electron chi connectivity index (χ1n) is 27.6. The van der Waals surface area contributed by atoms with Crippen molar-refractivity contribution in [2.45, 2.75) is 26.2 Å². The van der Waals surface area contributed by atoms with E-state index < -0.39 is 90.6 Å². The summed E-state index contributed by atoms with van der Waals surface area (Å²) in [6, 6.07) is 28.5. The fraction of sp³-hybridized carbons (Fsp3) is 0.0690. The number of aromatic nitrogens is 4. The molecule has 0 bridgehead atoms. The van der Waals surface area contributed by atoms with Gasteiger partial charge in [-0.15, -0.1) is 23.6 Å². The molecule has 0 aliphatic heterocycles. The fourth-order valence-corrected chi connectivity index (χ4v) is 7.91. The molecule has 0 fully saturated rings. The number of para-hydroxylation sites is 4. The van der Waals surface area contributed by atoms with Gasteiger partial charge in [-0.3, -0.25) is 4.57 Å². The minimum absolute atomic E-state index is 0. The predicted molar refractivity (Wildman–Crippen MR) is 255 cm³/mol. The van der Waals surface area contributed by atoms with Gasteiger partial charge in [-0.25, -0.2) is 4.98 Å². The number of ether oxygens (including phenoxy) is 1. The molecule has 0 unspecified atom stereocenters.